The lowest BCUT2D eigenvalue weighted by Crippen LogP contribution is -2.41. The molecule has 0 saturated carbocycles. The molecule has 0 aromatic carbocycles. The van der Waals surface area contributed by atoms with E-state index >= 15 is 0 Å². The maximum atomic E-state index is 11.6. The van der Waals surface area contributed by atoms with Crippen LogP contribution >= 0.6 is 15.9 Å². The van der Waals surface area contributed by atoms with E-state index in [9.17, 15) is 9.00 Å². The molecule has 0 unspecified atom stereocenters. The third-order valence-corrected chi connectivity index (χ3v) is 4.14. The molecule has 14 heavy (non-hydrogen) atoms. The molecule has 5 heteroatoms. The highest BCUT2D eigenvalue weighted by molar-refractivity contribution is 9.09. The summed E-state index contributed by atoms with van der Waals surface area (Å²) in [6.45, 7) is 1.36. The average molecular weight is 282 g/mol. The molecule has 1 aliphatic heterocycles. The number of hydrogen-bond donors (Lipinski definition) is 0. The topological polar surface area (TPSA) is 37.4 Å². The van der Waals surface area contributed by atoms with E-state index in [4.69, 9.17) is 0 Å². The lowest BCUT2D eigenvalue weighted by Gasteiger charge is -2.26. The molecule has 0 aliphatic carbocycles. The van der Waals surface area contributed by atoms with Gasteiger partial charge in [-0.15, -0.1) is 0 Å². The molecule has 1 aliphatic rings. The third kappa shape index (κ3) is 4.09. The van der Waals surface area contributed by atoms with Crippen LogP contribution in [0, 0.1) is 0 Å². The summed E-state index contributed by atoms with van der Waals surface area (Å²) < 4.78 is 11.1. The van der Waals surface area contributed by atoms with Crippen LogP contribution in [0.3, 0.4) is 0 Å². The first-order valence-electron chi connectivity index (χ1n) is 4.93. The summed E-state index contributed by atoms with van der Waals surface area (Å²) in [5.41, 5.74) is 0. The zero-order valence-electron chi connectivity index (χ0n) is 8.21. The van der Waals surface area contributed by atoms with Gasteiger partial charge in [-0.2, -0.15) is 0 Å². The first-order chi connectivity index (χ1) is 6.74. The summed E-state index contributed by atoms with van der Waals surface area (Å²) >= 11 is 3.34. The minimum atomic E-state index is -0.686. The van der Waals surface area contributed by atoms with Crippen LogP contribution < -0.4 is 0 Å². The van der Waals surface area contributed by atoms with E-state index < -0.39 is 10.8 Å². The Labute approximate surface area is 95.8 Å². The molecule has 0 aromatic rings. The van der Waals surface area contributed by atoms with Crippen LogP contribution in [0.4, 0.5) is 0 Å². The zero-order valence-corrected chi connectivity index (χ0v) is 10.6. The standard InChI is InChI=1S/C9H16BrNO2S/c10-4-2-1-3-9(12)11-5-7-14(13)8-6-11/h1-8H2. The summed E-state index contributed by atoms with van der Waals surface area (Å²) in [6, 6.07) is 0. The lowest BCUT2D eigenvalue weighted by molar-refractivity contribution is -0.130. The predicted molar refractivity (Wildman–Crippen MR) is 62.1 cm³/mol. The number of unbranched alkanes of at least 4 members (excludes halogenated alkanes) is 1. The van der Waals surface area contributed by atoms with Gasteiger partial charge in [-0.25, -0.2) is 0 Å². The number of carbonyl (C=O) groups excluding carboxylic acids is 1. The Hall–Kier alpha value is 0.1000. The van der Waals surface area contributed by atoms with E-state index in [1.807, 2.05) is 4.90 Å². The van der Waals surface area contributed by atoms with Crippen LogP contribution in [0.1, 0.15) is 19.3 Å². The molecule has 1 amide bonds. The van der Waals surface area contributed by atoms with Gasteiger partial charge in [-0.3, -0.25) is 9.00 Å². The number of amides is 1. The second-order valence-corrected chi connectivity index (χ2v) is 5.86. The molecule has 1 rings (SSSR count). The minimum Gasteiger partial charge on any atom is -0.341 e. The number of halogens is 1. The van der Waals surface area contributed by atoms with Gasteiger partial charge in [0.2, 0.25) is 5.91 Å². The number of carbonyl (C=O) groups is 1. The number of hydrogen-bond acceptors (Lipinski definition) is 2. The molecule has 82 valence electrons. The summed E-state index contributed by atoms with van der Waals surface area (Å²) in [6.07, 6.45) is 2.63. The summed E-state index contributed by atoms with van der Waals surface area (Å²) in [7, 11) is -0.686. The molecule has 0 bridgehead atoms. The Morgan fingerprint density at radius 2 is 1.93 bits per heavy atom. The molecule has 1 saturated heterocycles. The maximum Gasteiger partial charge on any atom is 0.222 e. The van der Waals surface area contributed by atoms with Gasteiger partial charge in [0.25, 0.3) is 0 Å². The van der Waals surface area contributed by atoms with Gasteiger partial charge in [0.15, 0.2) is 0 Å². The van der Waals surface area contributed by atoms with Crippen LogP contribution in [-0.4, -0.2) is 44.9 Å². The Kier molecular flexibility index (Phi) is 5.70. The first kappa shape index (κ1) is 12.2. The molecular weight excluding hydrogens is 266 g/mol. The van der Waals surface area contributed by atoms with Crippen molar-refractivity contribution in [3.05, 3.63) is 0 Å². The fourth-order valence-corrected chi connectivity index (χ4v) is 2.86. The molecule has 1 fully saturated rings. The Morgan fingerprint density at radius 1 is 1.29 bits per heavy atom. The fourth-order valence-electron chi connectivity index (χ4n) is 1.42. The molecule has 0 N–H and O–H groups in total. The molecule has 0 spiro atoms. The zero-order chi connectivity index (χ0) is 10.4. The van der Waals surface area contributed by atoms with E-state index in [0.29, 0.717) is 31.0 Å². The van der Waals surface area contributed by atoms with Gasteiger partial charge in [-0.1, -0.05) is 15.9 Å². The number of nitrogens with zero attached hydrogens (tertiary/aromatic N) is 1. The van der Waals surface area contributed by atoms with Crippen LogP contribution in [0.5, 0.6) is 0 Å². The van der Waals surface area contributed by atoms with Crippen molar-refractivity contribution in [2.45, 2.75) is 19.3 Å². The molecule has 1 heterocycles. The van der Waals surface area contributed by atoms with Crippen molar-refractivity contribution in [2.75, 3.05) is 29.9 Å². The smallest absolute Gasteiger partial charge is 0.222 e. The summed E-state index contributed by atoms with van der Waals surface area (Å²) in [5, 5.41) is 0.963. The monoisotopic (exact) mass is 281 g/mol. The van der Waals surface area contributed by atoms with Crippen LogP contribution in [0.2, 0.25) is 0 Å². The predicted octanol–water partition coefficient (Wildman–Crippen LogP) is 1.14. The number of rotatable bonds is 4. The Balaban J connectivity index is 2.20. The fraction of sp³-hybridized carbons (Fsp3) is 0.889. The average Bonchev–Trinajstić information content (AvgIpc) is 2.19. The lowest BCUT2D eigenvalue weighted by atomic mass is 10.2. The summed E-state index contributed by atoms with van der Waals surface area (Å²) in [5.74, 6) is 1.54. The van der Waals surface area contributed by atoms with E-state index in [1.54, 1.807) is 0 Å². The number of alkyl halides is 1. The van der Waals surface area contributed by atoms with E-state index in [2.05, 4.69) is 15.9 Å². The largest absolute Gasteiger partial charge is 0.341 e. The highest BCUT2D eigenvalue weighted by Gasteiger charge is 2.18. The van der Waals surface area contributed by atoms with Gasteiger partial charge >= 0.3 is 0 Å². The van der Waals surface area contributed by atoms with Crippen molar-refractivity contribution in [1.82, 2.24) is 4.90 Å². The highest BCUT2D eigenvalue weighted by Crippen LogP contribution is 2.06. The molecular formula is C9H16BrNO2S. The maximum absolute atomic E-state index is 11.6. The van der Waals surface area contributed by atoms with Crippen molar-refractivity contribution in [3.8, 4) is 0 Å². The van der Waals surface area contributed by atoms with Crippen LogP contribution in [0.25, 0.3) is 0 Å². The molecule has 0 atom stereocenters. The summed E-state index contributed by atoms with van der Waals surface area (Å²) in [4.78, 5) is 13.4. The Bertz CT molecular complexity index is 213. The van der Waals surface area contributed by atoms with E-state index in [-0.39, 0.29) is 5.91 Å². The SMILES string of the molecule is O=C(CCCCBr)N1CCS(=O)CC1. The van der Waals surface area contributed by atoms with Gasteiger partial charge in [0.05, 0.1) is 0 Å². The first-order valence-corrected chi connectivity index (χ1v) is 7.53. The quantitative estimate of drug-likeness (QED) is 0.573. The highest BCUT2D eigenvalue weighted by atomic mass is 79.9. The van der Waals surface area contributed by atoms with Crippen molar-refractivity contribution < 1.29 is 9.00 Å². The van der Waals surface area contributed by atoms with Crippen molar-refractivity contribution in [3.63, 3.8) is 0 Å². The molecule has 0 aromatic heterocycles. The second kappa shape index (κ2) is 6.56. The Morgan fingerprint density at radius 3 is 2.50 bits per heavy atom. The molecule has 3 nitrogen and oxygen atoms in total. The van der Waals surface area contributed by atoms with Crippen LogP contribution in [-0.2, 0) is 15.6 Å². The van der Waals surface area contributed by atoms with Gasteiger partial charge in [0.1, 0.15) is 0 Å². The minimum absolute atomic E-state index is 0.225. The molecule has 0 radical (unpaired) electrons. The van der Waals surface area contributed by atoms with Crippen LogP contribution in [0.15, 0.2) is 0 Å². The van der Waals surface area contributed by atoms with Gasteiger partial charge in [-0.05, 0) is 12.8 Å². The van der Waals surface area contributed by atoms with E-state index in [0.717, 1.165) is 18.2 Å². The second-order valence-electron chi connectivity index (χ2n) is 3.37. The van der Waals surface area contributed by atoms with Crippen molar-refractivity contribution in [1.29, 1.82) is 0 Å². The van der Waals surface area contributed by atoms with E-state index in [1.165, 1.54) is 0 Å². The van der Waals surface area contributed by atoms with Crippen molar-refractivity contribution >= 4 is 32.6 Å². The van der Waals surface area contributed by atoms with Gasteiger partial charge < -0.3 is 4.90 Å². The van der Waals surface area contributed by atoms with Crippen molar-refractivity contribution in [2.24, 2.45) is 0 Å². The third-order valence-electron chi connectivity index (χ3n) is 2.30. The normalized spacial score (nSPS) is 18.5. The van der Waals surface area contributed by atoms with Gasteiger partial charge in [0, 0.05) is 47.1 Å².